The quantitative estimate of drug-likeness (QED) is 0.899. The van der Waals surface area contributed by atoms with Gasteiger partial charge >= 0.3 is 0 Å². The van der Waals surface area contributed by atoms with Crippen molar-refractivity contribution in [3.05, 3.63) is 41.5 Å². The summed E-state index contributed by atoms with van der Waals surface area (Å²) in [6, 6.07) is 8.10. The first-order valence-electron chi connectivity index (χ1n) is 8.97. The van der Waals surface area contributed by atoms with Crippen molar-refractivity contribution in [2.45, 2.75) is 26.2 Å². The van der Waals surface area contributed by atoms with Crippen LogP contribution in [0.25, 0.3) is 0 Å². The van der Waals surface area contributed by atoms with Crippen molar-refractivity contribution in [1.82, 2.24) is 9.97 Å². The van der Waals surface area contributed by atoms with Crippen LogP contribution in [-0.2, 0) is 22.4 Å². The van der Waals surface area contributed by atoms with Crippen molar-refractivity contribution in [3.63, 3.8) is 0 Å². The molecule has 1 unspecified atom stereocenters. The zero-order valence-corrected chi connectivity index (χ0v) is 14.5. The first kappa shape index (κ1) is 16.1. The van der Waals surface area contributed by atoms with Crippen molar-refractivity contribution in [1.29, 1.82) is 0 Å². The monoisotopic (exact) mass is 340 g/mol. The van der Waals surface area contributed by atoms with Crippen molar-refractivity contribution < 1.29 is 9.53 Å². The van der Waals surface area contributed by atoms with E-state index in [4.69, 9.17) is 4.74 Å². The van der Waals surface area contributed by atoms with Crippen LogP contribution in [0.15, 0.2) is 24.3 Å². The van der Waals surface area contributed by atoms with E-state index in [0.29, 0.717) is 0 Å². The topological polar surface area (TPSA) is 70.2 Å². The fourth-order valence-corrected chi connectivity index (χ4v) is 3.67. The number of nitrogens with zero attached hydrogens (tertiary/aromatic N) is 2. The number of fused-ring (bicyclic) bond motifs is 1. The number of anilines is 2. The lowest BCUT2D eigenvalue weighted by Crippen LogP contribution is -2.36. The third-order valence-corrected chi connectivity index (χ3v) is 5.04. The highest BCUT2D eigenvalue weighted by Gasteiger charge is 2.26. The molecule has 2 heterocycles. The second kappa shape index (κ2) is 6.88. The van der Waals surface area contributed by atoms with Gasteiger partial charge in [-0.05, 0) is 44.0 Å². The minimum absolute atomic E-state index is 0.00581. The molecule has 0 saturated carbocycles. The summed E-state index contributed by atoms with van der Waals surface area (Å²) in [5.41, 5.74) is 4.27. The molecule has 0 radical (unpaired) electrons. The number of imidazole rings is 1. The third-order valence-electron chi connectivity index (χ3n) is 5.04. The Balaban J connectivity index is 1.37. The number of carbonyl (C=O) groups is 1. The number of hydrogen-bond acceptors (Lipinski definition) is 4. The molecule has 2 aromatic rings. The summed E-state index contributed by atoms with van der Waals surface area (Å²) >= 11 is 0. The molecule has 25 heavy (non-hydrogen) atoms. The van der Waals surface area contributed by atoms with Crippen LogP contribution < -0.4 is 10.2 Å². The lowest BCUT2D eigenvalue weighted by Gasteiger charge is -2.29. The lowest BCUT2D eigenvalue weighted by molar-refractivity contribution is -0.120. The summed E-state index contributed by atoms with van der Waals surface area (Å²) in [7, 11) is 0. The smallest absolute Gasteiger partial charge is 0.227 e. The second-order valence-corrected chi connectivity index (χ2v) is 6.82. The summed E-state index contributed by atoms with van der Waals surface area (Å²) in [5, 5.41) is 3.06. The van der Waals surface area contributed by atoms with E-state index in [1.54, 1.807) is 0 Å². The largest absolute Gasteiger partial charge is 0.378 e. The van der Waals surface area contributed by atoms with E-state index < -0.39 is 0 Å². The van der Waals surface area contributed by atoms with Crippen LogP contribution in [0.5, 0.6) is 0 Å². The summed E-state index contributed by atoms with van der Waals surface area (Å²) in [6.07, 6.45) is 2.47. The van der Waals surface area contributed by atoms with Crippen LogP contribution >= 0.6 is 0 Å². The van der Waals surface area contributed by atoms with E-state index >= 15 is 0 Å². The fourth-order valence-electron chi connectivity index (χ4n) is 3.67. The standard InChI is InChI=1S/C19H24N4O2/c1-13-20-17-7-2-14(12-18(17)21-13)19(24)22-15-3-5-16(6-4-15)23-8-10-25-11-9-23/h3-6,14H,2,7-12H2,1H3,(H,20,21)(H,22,24). The highest BCUT2D eigenvalue weighted by Crippen LogP contribution is 2.26. The molecule has 1 atom stereocenters. The van der Waals surface area contributed by atoms with Crippen LogP contribution in [-0.4, -0.2) is 42.2 Å². The number of aromatic nitrogens is 2. The summed E-state index contributed by atoms with van der Waals surface area (Å²) < 4.78 is 5.39. The van der Waals surface area contributed by atoms with E-state index in [0.717, 1.165) is 68.5 Å². The maximum absolute atomic E-state index is 12.6. The molecule has 1 aliphatic heterocycles. The molecule has 1 saturated heterocycles. The van der Waals surface area contributed by atoms with Gasteiger partial charge in [-0.2, -0.15) is 0 Å². The van der Waals surface area contributed by atoms with Crippen LogP contribution in [0.1, 0.15) is 23.6 Å². The Morgan fingerprint density at radius 1 is 1.28 bits per heavy atom. The molecule has 1 aromatic carbocycles. The Morgan fingerprint density at radius 3 is 2.80 bits per heavy atom. The first-order valence-corrected chi connectivity index (χ1v) is 8.97. The van der Waals surface area contributed by atoms with Gasteiger partial charge in [-0.15, -0.1) is 0 Å². The number of hydrogen-bond donors (Lipinski definition) is 2. The number of rotatable bonds is 3. The van der Waals surface area contributed by atoms with Crippen LogP contribution in [0.2, 0.25) is 0 Å². The van der Waals surface area contributed by atoms with E-state index in [1.807, 2.05) is 19.1 Å². The van der Waals surface area contributed by atoms with Gasteiger partial charge in [0.25, 0.3) is 0 Å². The maximum atomic E-state index is 12.6. The SMILES string of the molecule is Cc1nc2c([nH]1)CC(C(=O)Nc1ccc(N3CCOCC3)cc1)CC2. The Morgan fingerprint density at radius 2 is 2.04 bits per heavy atom. The van der Waals surface area contributed by atoms with E-state index in [9.17, 15) is 4.79 Å². The molecule has 0 bridgehead atoms. The molecule has 1 amide bonds. The van der Waals surface area contributed by atoms with Gasteiger partial charge in [-0.25, -0.2) is 4.98 Å². The number of benzene rings is 1. The molecule has 4 rings (SSSR count). The number of aryl methyl sites for hydroxylation is 2. The summed E-state index contributed by atoms with van der Waals surface area (Å²) in [4.78, 5) is 22.7. The number of ether oxygens (including phenoxy) is 1. The van der Waals surface area contributed by atoms with Gasteiger partial charge < -0.3 is 19.9 Å². The number of nitrogens with one attached hydrogen (secondary N) is 2. The lowest BCUT2D eigenvalue weighted by atomic mass is 9.89. The molecule has 1 aromatic heterocycles. The van der Waals surface area contributed by atoms with Gasteiger partial charge in [0.2, 0.25) is 5.91 Å². The minimum Gasteiger partial charge on any atom is -0.378 e. The Labute approximate surface area is 147 Å². The molecule has 1 fully saturated rings. The van der Waals surface area contributed by atoms with Gasteiger partial charge in [0.05, 0.1) is 18.9 Å². The number of amides is 1. The second-order valence-electron chi connectivity index (χ2n) is 6.82. The van der Waals surface area contributed by atoms with Crippen molar-refractivity contribution in [2.75, 3.05) is 36.5 Å². The van der Waals surface area contributed by atoms with Crippen LogP contribution in [0.4, 0.5) is 11.4 Å². The van der Waals surface area contributed by atoms with Gasteiger partial charge in [0, 0.05) is 42.5 Å². The van der Waals surface area contributed by atoms with E-state index in [2.05, 4.69) is 32.3 Å². The van der Waals surface area contributed by atoms with Crippen LogP contribution in [0, 0.1) is 12.8 Å². The Bertz CT molecular complexity index is 747. The molecule has 0 spiro atoms. The molecule has 2 N–H and O–H groups in total. The molecular weight excluding hydrogens is 316 g/mol. The Kier molecular flexibility index (Phi) is 4.44. The number of carbonyl (C=O) groups excluding carboxylic acids is 1. The number of aromatic amines is 1. The minimum atomic E-state index is 0.00581. The van der Waals surface area contributed by atoms with Gasteiger partial charge in [-0.1, -0.05) is 0 Å². The fraction of sp³-hybridized carbons (Fsp3) is 0.474. The van der Waals surface area contributed by atoms with Gasteiger partial charge in [0.15, 0.2) is 0 Å². The highest BCUT2D eigenvalue weighted by molar-refractivity contribution is 5.93. The van der Waals surface area contributed by atoms with Crippen molar-refractivity contribution >= 4 is 17.3 Å². The van der Waals surface area contributed by atoms with Gasteiger partial charge in [0.1, 0.15) is 5.82 Å². The molecule has 2 aliphatic rings. The van der Waals surface area contributed by atoms with Crippen LogP contribution in [0.3, 0.4) is 0 Å². The molecular formula is C19H24N4O2. The molecule has 6 heteroatoms. The zero-order chi connectivity index (χ0) is 17.2. The predicted octanol–water partition coefficient (Wildman–Crippen LogP) is 2.30. The summed E-state index contributed by atoms with van der Waals surface area (Å²) in [5.74, 6) is 1.04. The Hall–Kier alpha value is -2.34. The van der Waals surface area contributed by atoms with Crippen molar-refractivity contribution in [2.24, 2.45) is 5.92 Å². The third kappa shape index (κ3) is 3.54. The average Bonchev–Trinajstić information content (AvgIpc) is 3.02. The summed E-state index contributed by atoms with van der Waals surface area (Å²) in [6.45, 7) is 5.34. The van der Waals surface area contributed by atoms with Crippen molar-refractivity contribution in [3.8, 4) is 0 Å². The number of H-pyrrole nitrogens is 1. The van der Waals surface area contributed by atoms with E-state index in [-0.39, 0.29) is 11.8 Å². The molecule has 132 valence electrons. The highest BCUT2D eigenvalue weighted by atomic mass is 16.5. The normalized spacial score (nSPS) is 20.2. The number of morpholine rings is 1. The average molecular weight is 340 g/mol. The first-order chi connectivity index (χ1) is 12.2. The predicted molar refractivity (Wildman–Crippen MR) is 96.9 cm³/mol. The molecule has 6 nitrogen and oxygen atoms in total. The van der Waals surface area contributed by atoms with E-state index in [1.165, 1.54) is 5.69 Å². The molecule has 1 aliphatic carbocycles. The maximum Gasteiger partial charge on any atom is 0.227 e. The van der Waals surface area contributed by atoms with Gasteiger partial charge in [-0.3, -0.25) is 4.79 Å². The zero-order valence-electron chi connectivity index (χ0n) is 14.5.